The lowest BCUT2D eigenvalue weighted by Crippen LogP contribution is -2.49. The maximum Gasteiger partial charge on any atom is 0.243 e. The third-order valence-corrected chi connectivity index (χ3v) is 6.94. The second-order valence-corrected chi connectivity index (χ2v) is 9.44. The third-order valence-electron chi connectivity index (χ3n) is 6.94. The number of carbonyl (C=O) groups excluding carboxylic acids is 2. The summed E-state index contributed by atoms with van der Waals surface area (Å²) in [5, 5.41) is 27.6. The number of fused-ring (bicyclic) bond motifs is 1. The minimum absolute atomic E-state index is 0.108. The van der Waals surface area contributed by atoms with Gasteiger partial charge in [0.2, 0.25) is 11.8 Å². The Labute approximate surface area is 217 Å². The van der Waals surface area contributed by atoms with Gasteiger partial charge in [-0.1, -0.05) is 40.7 Å². The van der Waals surface area contributed by atoms with Gasteiger partial charge in [-0.3, -0.25) is 14.3 Å². The number of hydrogen-bond acceptors (Lipinski definition) is 7. The van der Waals surface area contributed by atoms with E-state index in [9.17, 15) is 19.8 Å². The van der Waals surface area contributed by atoms with Crippen molar-refractivity contribution in [3.8, 4) is 11.3 Å². The van der Waals surface area contributed by atoms with Gasteiger partial charge in [0.05, 0.1) is 24.4 Å². The van der Waals surface area contributed by atoms with Crippen LogP contribution in [0.3, 0.4) is 0 Å². The zero-order valence-corrected chi connectivity index (χ0v) is 22.5. The fourth-order valence-electron chi connectivity index (χ4n) is 4.61. The van der Waals surface area contributed by atoms with Crippen LogP contribution in [0.4, 0.5) is 0 Å². The predicted molar refractivity (Wildman–Crippen MR) is 140 cm³/mol. The second-order valence-electron chi connectivity index (χ2n) is 9.44. The van der Waals surface area contributed by atoms with Crippen LogP contribution in [0.2, 0.25) is 0 Å². The zero-order valence-electron chi connectivity index (χ0n) is 22.5. The van der Waals surface area contributed by atoms with Crippen LogP contribution >= 0.6 is 0 Å². The van der Waals surface area contributed by atoms with Gasteiger partial charge in [-0.25, -0.2) is 4.98 Å². The summed E-state index contributed by atoms with van der Waals surface area (Å²) in [6.07, 6.45) is 2.43. The number of hydrogen-bond donors (Lipinski definition) is 3. The van der Waals surface area contributed by atoms with Crippen molar-refractivity contribution in [3.05, 3.63) is 36.4 Å². The number of aromatic nitrogens is 3. The van der Waals surface area contributed by atoms with Gasteiger partial charge in [0.1, 0.15) is 11.6 Å². The van der Waals surface area contributed by atoms with Crippen LogP contribution in [0, 0.1) is 11.8 Å². The lowest BCUT2D eigenvalue weighted by molar-refractivity contribution is -0.142. The fraction of sp³-hybridized carbons (Fsp3) is 0.556. The highest BCUT2D eigenvalue weighted by Gasteiger charge is 2.41. The first kappa shape index (κ1) is 28.3. The number of aryl methyl sites for hydroxylation is 1. The van der Waals surface area contributed by atoms with Gasteiger partial charge in [0, 0.05) is 42.8 Å². The molecule has 1 aliphatic rings. The maximum atomic E-state index is 13.3. The molecule has 4 unspecified atom stereocenters. The minimum atomic E-state index is -0.807. The summed E-state index contributed by atoms with van der Waals surface area (Å²) in [6, 6.07) is 3.99. The Bertz CT molecular complexity index is 1200. The summed E-state index contributed by atoms with van der Waals surface area (Å²) in [6.45, 7) is 12.2. The Morgan fingerprint density at radius 1 is 1.22 bits per heavy atom. The molecule has 3 N–H and O–H groups in total. The molecule has 4 atom stereocenters. The van der Waals surface area contributed by atoms with E-state index in [4.69, 9.17) is 4.42 Å². The molecule has 0 bridgehead atoms. The first-order valence-corrected chi connectivity index (χ1v) is 13.0. The molecule has 3 heterocycles. The molecular formula is C27H39N5O5. The van der Waals surface area contributed by atoms with Crippen LogP contribution in [0.1, 0.15) is 59.6 Å². The fourth-order valence-corrected chi connectivity index (χ4v) is 4.61. The number of aliphatic hydroxyl groups is 2. The van der Waals surface area contributed by atoms with Crippen LogP contribution in [0.15, 0.2) is 35.2 Å². The summed E-state index contributed by atoms with van der Waals surface area (Å²) in [7, 11) is 0. The molecule has 0 aliphatic carbocycles. The van der Waals surface area contributed by atoms with Gasteiger partial charge < -0.3 is 24.8 Å². The molecule has 202 valence electrons. The summed E-state index contributed by atoms with van der Waals surface area (Å²) in [5.41, 5.74) is 3.34. The van der Waals surface area contributed by atoms with Crippen LogP contribution < -0.4 is 5.32 Å². The number of oxazole rings is 1. The number of nitrogens with one attached hydrogen (secondary N) is 1. The van der Waals surface area contributed by atoms with E-state index in [0.29, 0.717) is 23.2 Å². The van der Waals surface area contributed by atoms with Gasteiger partial charge in [0.25, 0.3) is 0 Å². The van der Waals surface area contributed by atoms with E-state index in [0.717, 1.165) is 11.3 Å². The third kappa shape index (κ3) is 5.70. The van der Waals surface area contributed by atoms with Crippen molar-refractivity contribution in [1.29, 1.82) is 0 Å². The van der Waals surface area contributed by atoms with Crippen molar-refractivity contribution in [2.45, 2.75) is 72.7 Å². The van der Waals surface area contributed by atoms with E-state index in [1.165, 1.54) is 11.3 Å². The number of nitrogens with zero attached hydrogens (tertiary/aromatic N) is 4. The summed E-state index contributed by atoms with van der Waals surface area (Å²) in [5.74, 6) is -0.747. The Hall–Kier alpha value is -3.24. The molecule has 2 amide bonds. The number of carbonyl (C=O) groups is 2. The molecule has 1 aliphatic heterocycles. The summed E-state index contributed by atoms with van der Waals surface area (Å²) >= 11 is 0. The van der Waals surface area contributed by atoms with E-state index in [1.54, 1.807) is 6.20 Å². The topological polar surface area (TPSA) is 134 Å². The van der Waals surface area contributed by atoms with Gasteiger partial charge in [-0.15, -0.1) is 0 Å². The van der Waals surface area contributed by atoms with Gasteiger partial charge in [-0.05, 0) is 25.0 Å². The molecule has 10 nitrogen and oxygen atoms in total. The minimum Gasteiger partial charge on any atom is -0.443 e. The Balaban J connectivity index is 0.00000186. The van der Waals surface area contributed by atoms with Crippen LogP contribution in [0.5, 0.6) is 0 Å². The number of β-amino-alcohol motifs (C(OH)–C–C–N with tert-alkyl or cyclic N) is 1. The van der Waals surface area contributed by atoms with Crippen molar-refractivity contribution >= 4 is 22.9 Å². The average molecular weight is 514 g/mol. The molecule has 0 radical (unpaired) electrons. The number of likely N-dealkylation sites (tertiary alicyclic amines) is 1. The number of aliphatic hydroxyl groups excluding tert-OH is 2. The first-order chi connectivity index (χ1) is 17.8. The molecule has 4 rings (SSSR count). The molecule has 10 heteroatoms. The smallest absolute Gasteiger partial charge is 0.243 e. The number of amides is 2. The van der Waals surface area contributed by atoms with Crippen LogP contribution in [0.25, 0.3) is 22.4 Å². The van der Waals surface area contributed by atoms with E-state index in [1.807, 2.05) is 64.4 Å². The van der Waals surface area contributed by atoms with Crippen molar-refractivity contribution < 1.29 is 24.2 Å². The first-order valence-electron chi connectivity index (χ1n) is 13.0. The predicted octanol–water partition coefficient (Wildman–Crippen LogP) is 3.14. The van der Waals surface area contributed by atoms with Gasteiger partial charge >= 0.3 is 0 Å². The maximum absolute atomic E-state index is 13.3. The summed E-state index contributed by atoms with van der Waals surface area (Å²) in [4.78, 5) is 32.1. The SMILES string of the molecule is CC.CCn1nccc1-c1ccc(C(CO)NC(=O)C2CC(O)CN2C(=O)C(C)C(C)C)c2ncoc12. The normalized spacial score (nSPS) is 19.0. The quantitative estimate of drug-likeness (QED) is 0.421. The van der Waals surface area contributed by atoms with E-state index in [2.05, 4.69) is 15.4 Å². The lowest BCUT2D eigenvalue weighted by atomic mass is 9.96. The highest BCUT2D eigenvalue weighted by molar-refractivity contribution is 5.93. The molecule has 3 aromatic rings. The standard InChI is InChI=1S/C25H33N5O5.C2H6/c1-5-30-20(8-9-27-30)18-7-6-17(22-23(18)35-13-26-22)19(12-31)28-24(33)21-10-16(32)11-29(21)25(34)15(4)14(2)3;1-2/h6-9,13-16,19,21,31-32H,5,10-12H2,1-4H3,(H,28,33);1-2H3. The second kappa shape index (κ2) is 12.3. The van der Waals surface area contributed by atoms with Crippen LogP contribution in [-0.4, -0.2) is 67.0 Å². The zero-order chi connectivity index (χ0) is 27.3. The van der Waals surface area contributed by atoms with E-state index in [-0.39, 0.29) is 37.3 Å². The largest absolute Gasteiger partial charge is 0.443 e. The van der Waals surface area contributed by atoms with Gasteiger partial charge in [0.15, 0.2) is 12.0 Å². The Morgan fingerprint density at radius 3 is 2.59 bits per heavy atom. The monoisotopic (exact) mass is 513 g/mol. The number of benzene rings is 1. The summed E-state index contributed by atoms with van der Waals surface area (Å²) < 4.78 is 7.54. The van der Waals surface area contributed by atoms with E-state index >= 15 is 0 Å². The molecule has 2 aromatic heterocycles. The van der Waals surface area contributed by atoms with Crippen molar-refractivity contribution in [1.82, 2.24) is 25.0 Å². The highest BCUT2D eigenvalue weighted by Crippen LogP contribution is 2.33. The molecule has 37 heavy (non-hydrogen) atoms. The average Bonchev–Trinajstić information content (AvgIpc) is 3.66. The molecular weight excluding hydrogens is 474 g/mol. The van der Waals surface area contributed by atoms with Crippen molar-refractivity contribution in [2.75, 3.05) is 13.2 Å². The highest BCUT2D eigenvalue weighted by atomic mass is 16.3. The van der Waals surface area contributed by atoms with Crippen LogP contribution in [-0.2, 0) is 16.1 Å². The molecule has 1 saturated heterocycles. The lowest BCUT2D eigenvalue weighted by Gasteiger charge is -2.29. The molecule has 1 aromatic carbocycles. The van der Waals surface area contributed by atoms with Gasteiger partial charge in [-0.2, -0.15) is 5.10 Å². The van der Waals surface area contributed by atoms with Crippen molar-refractivity contribution in [3.63, 3.8) is 0 Å². The van der Waals surface area contributed by atoms with Crippen molar-refractivity contribution in [2.24, 2.45) is 11.8 Å². The molecule has 0 saturated carbocycles. The Morgan fingerprint density at radius 2 is 1.95 bits per heavy atom. The number of rotatable bonds is 8. The van der Waals surface area contributed by atoms with E-state index < -0.39 is 24.1 Å². The molecule has 0 spiro atoms. The Kier molecular flexibility index (Phi) is 9.45. The molecule has 1 fully saturated rings.